The van der Waals surface area contributed by atoms with Crippen LogP contribution in [0, 0.1) is 0 Å². The third kappa shape index (κ3) is 6.27. The summed E-state index contributed by atoms with van der Waals surface area (Å²) in [7, 11) is -3.24. The molecule has 0 saturated carbocycles. The Hall–Kier alpha value is -1.39. The number of carbonyl (C=O) groups excluding carboxylic acids is 1. The fourth-order valence-electron chi connectivity index (χ4n) is 1.92. The number of hydrogen-bond acceptors (Lipinski definition) is 5. The Balaban J connectivity index is 2.33. The van der Waals surface area contributed by atoms with Gasteiger partial charge in [0.05, 0.1) is 6.26 Å². The van der Waals surface area contributed by atoms with E-state index in [2.05, 4.69) is 15.4 Å². The second-order valence-corrected chi connectivity index (χ2v) is 6.73. The van der Waals surface area contributed by atoms with E-state index in [1.165, 1.54) is 0 Å². The maximum absolute atomic E-state index is 11.7. The molecule has 10 heteroatoms. The van der Waals surface area contributed by atoms with Crippen LogP contribution in [0.25, 0.3) is 0 Å². The van der Waals surface area contributed by atoms with Crippen molar-refractivity contribution in [3.8, 4) is 0 Å². The van der Waals surface area contributed by atoms with Crippen LogP contribution in [0.4, 0.5) is 4.79 Å². The first-order valence-electron chi connectivity index (χ1n) is 6.57. The number of aliphatic carboxylic acids is 1. The summed E-state index contributed by atoms with van der Waals surface area (Å²) in [6, 6.07) is -0.585. The van der Waals surface area contributed by atoms with Gasteiger partial charge in [0.1, 0.15) is 5.54 Å². The molecule has 1 aliphatic rings. The number of carboxylic acid groups (broad SMARTS) is 1. The molecule has 1 rings (SSSR count). The normalized spacial score (nSPS) is 18.0. The van der Waals surface area contributed by atoms with E-state index in [1.54, 1.807) is 0 Å². The lowest BCUT2D eigenvalue weighted by atomic mass is 9.90. The molecule has 1 fully saturated rings. The van der Waals surface area contributed by atoms with Crippen LogP contribution in [-0.4, -0.2) is 63.6 Å². The number of sulfonamides is 1. The molecule has 0 spiro atoms. The van der Waals surface area contributed by atoms with Gasteiger partial charge in [-0.2, -0.15) is 0 Å². The highest BCUT2D eigenvalue weighted by molar-refractivity contribution is 7.88. The van der Waals surface area contributed by atoms with E-state index in [0.717, 1.165) is 6.26 Å². The monoisotopic (exact) mass is 323 g/mol. The summed E-state index contributed by atoms with van der Waals surface area (Å²) in [5, 5.41) is 14.2. The zero-order chi connectivity index (χ0) is 15.9. The van der Waals surface area contributed by atoms with Crippen molar-refractivity contribution in [3.63, 3.8) is 0 Å². The van der Waals surface area contributed by atoms with Crippen LogP contribution in [0.5, 0.6) is 0 Å². The van der Waals surface area contributed by atoms with Crippen molar-refractivity contribution < 1.29 is 27.9 Å². The van der Waals surface area contributed by atoms with E-state index in [0.29, 0.717) is 6.42 Å². The summed E-state index contributed by atoms with van der Waals surface area (Å²) in [4.78, 5) is 23.0. The highest BCUT2D eigenvalue weighted by Gasteiger charge is 2.41. The quantitative estimate of drug-likeness (QED) is 0.438. The Kier molecular flexibility index (Phi) is 6.37. The highest BCUT2D eigenvalue weighted by Crippen LogP contribution is 2.20. The Labute approximate surface area is 123 Å². The smallest absolute Gasteiger partial charge is 0.329 e. The zero-order valence-corrected chi connectivity index (χ0v) is 12.7. The Bertz CT molecular complexity index is 472. The lowest BCUT2D eigenvalue weighted by molar-refractivity contribution is -0.148. The minimum atomic E-state index is -3.24. The molecule has 0 unspecified atom stereocenters. The lowest BCUT2D eigenvalue weighted by Crippen LogP contribution is -2.59. The van der Waals surface area contributed by atoms with Gasteiger partial charge in [0.25, 0.3) is 0 Å². The van der Waals surface area contributed by atoms with E-state index in [1.807, 2.05) is 0 Å². The molecule has 0 aromatic carbocycles. The van der Waals surface area contributed by atoms with Gasteiger partial charge >= 0.3 is 12.0 Å². The van der Waals surface area contributed by atoms with Crippen molar-refractivity contribution in [2.24, 2.45) is 0 Å². The molecular weight excluding hydrogens is 302 g/mol. The topological polar surface area (TPSA) is 134 Å². The molecule has 0 aliphatic carbocycles. The lowest BCUT2D eigenvalue weighted by Gasteiger charge is -2.33. The van der Waals surface area contributed by atoms with E-state index >= 15 is 0 Å². The van der Waals surface area contributed by atoms with Gasteiger partial charge in [-0.15, -0.1) is 0 Å². The van der Waals surface area contributed by atoms with Crippen LogP contribution in [0.15, 0.2) is 0 Å². The number of rotatable bonds is 7. The van der Waals surface area contributed by atoms with Gasteiger partial charge in [-0.1, -0.05) is 0 Å². The van der Waals surface area contributed by atoms with Gasteiger partial charge in [0.15, 0.2) is 0 Å². The van der Waals surface area contributed by atoms with Gasteiger partial charge in [0, 0.05) is 39.1 Å². The van der Waals surface area contributed by atoms with Crippen LogP contribution >= 0.6 is 0 Å². The highest BCUT2D eigenvalue weighted by atomic mass is 32.2. The Morgan fingerprint density at radius 1 is 1.24 bits per heavy atom. The maximum atomic E-state index is 11.7. The Morgan fingerprint density at radius 3 is 2.38 bits per heavy atom. The summed E-state index contributed by atoms with van der Waals surface area (Å²) >= 11 is 0. The van der Waals surface area contributed by atoms with Crippen molar-refractivity contribution in [2.75, 3.05) is 32.6 Å². The van der Waals surface area contributed by atoms with E-state index < -0.39 is 27.6 Å². The number of amides is 2. The predicted octanol–water partition coefficient (Wildman–Crippen LogP) is -1.14. The SMILES string of the molecule is CS(=O)(=O)NCCCNC(=O)NC1(C(=O)O)CCOCC1. The third-order valence-corrected chi connectivity index (χ3v) is 3.84. The minimum absolute atomic E-state index is 0.205. The van der Waals surface area contributed by atoms with Crippen molar-refractivity contribution >= 4 is 22.0 Å². The van der Waals surface area contributed by atoms with Gasteiger partial charge in [0.2, 0.25) is 10.0 Å². The van der Waals surface area contributed by atoms with Crippen LogP contribution < -0.4 is 15.4 Å². The first-order valence-corrected chi connectivity index (χ1v) is 8.46. The average Bonchev–Trinajstić information content (AvgIpc) is 2.37. The van der Waals surface area contributed by atoms with E-state index in [4.69, 9.17) is 4.74 Å². The molecule has 0 bridgehead atoms. The number of hydrogen-bond donors (Lipinski definition) is 4. The van der Waals surface area contributed by atoms with Gasteiger partial charge in [-0.05, 0) is 6.42 Å². The molecule has 0 aromatic heterocycles. The van der Waals surface area contributed by atoms with Gasteiger partial charge in [-0.3, -0.25) is 0 Å². The average molecular weight is 323 g/mol. The van der Waals surface area contributed by atoms with Crippen molar-refractivity contribution in [3.05, 3.63) is 0 Å². The molecule has 0 atom stereocenters. The molecule has 9 nitrogen and oxygen atoms in total. The molecule has 4 N–H and O–H groups in total. The molecule has 122 valence electrons. The third-order valence-electron chi connectivity index (χ3n) is 3.11. The molecule has 2 amide bonds. The van der Waals surface area contributed by atoms with Crippen molar-refractivity contribution in [2.45, 2.75) is 24.8 Å². The summed E-state index contributed by atoms with van der Waals surface area (Å²) in [6.07, 6.45) is 1.88. The van der Waals surface area contributed by atoms with Crippen molar-refractivity contribution in [1.29, 1.82) is 0 Å². The van der Waals surface area contributed by atoms with Gasteiger partial charge < -0.3 is 20.5 Å². The zero-order valence-electron chi connectivity index (χ0n) is 11.8. The summed E-state index contributed by atoms with van der Waals surface area (Å²) < 4.78 is 29.0. The number of ether oxygens (including phenoxy) is 1. The fraction of sp³-hybridized carbons (Fsp3) is 0.818. The second-order valence-electron chi connectivity index (χ2n) is 4.90. The van der Waals surface area contributed by atoms with Crippen LogP contribution in [0.1, 0.15) is 19.3 Å². The number of carbonyl (C=O) groups is 2. The molecule has 1 aliphatic heterocycles. The molecule has 0 aromatic rings. The standard InChI is InChI=1S/C11H21N3O6S/c1-21(18,19)13-6-2-5-12-10(17)14-11(9(15)16)3-7-20-8-4-11/h13H,2-8H2,1H3,(H,15,16)(H2,12,14,17). The largest absolute Gasteiger partial charge is 0.480 e. The molecule has 1 saturated heterocycles. The summed E-state index contributed by atoms with van der Waals surface area (Å²) in [6.45, 7) is 1.01. The summed E-state index contributed by atoms with van der Waals surface area (Å²) in [5.41, 5.74) is -1.30. The molecule has 21 heavy (non-hydrogen) atoms. The first kappa shape index (κ1) is 17.7. The predicted molar refractivity (Wildman–Crippen MR) is 74.4 cm³/mol. The number of carboxylic acids is 1. The Morgan fingerprint density at radius 2 is 1.86 bits per heavy atom. The summed E-state index contributed by atoms with van der Waals surface area (Å²) in [5.74, 6) is -1.08. The minimum Gasteiger partial charge on any atom is -0.480 e. The molecule has 0 radical (unpaired) electrons. The maximum Gasteiger partial charge on any atom is 0.329 e. The van der Waals surface area contributed by atoms with E-state index in [9.17, 15) is 23.1 Å². The fourth-order valence-corrected chi connectivity index (χ4v) is 2.44. The second kappa shape index (κ2) is 7.57. The number of urea groups is 1. The molecular formula is C11H21N3O6S. The van der Waals surface area contributed by atoms with Gasteiger partial charge in [-0.25, -0.2) is 22.7 Å². The molecule has 1 heterocycles. The number of nitrogens with one attached hydrogen (secondary N) is 3. The van der Waals surface area contributed by atoms with Crippen LogP contribution in [-0.2, 0) is 19.6 Å². The first-order chi connectivity index (χ1) is 9.75. The van der Waals surface area contributed by atoms with E-state index in [-0.39, 0.29) is 39.1 Å². The van der Waals surface area contributed by atoms with Crippen LogP contribution in [0.2, 0.25) is 0 Å². The van der Waals surface area contributed by atoms with Crippen LogP contribution in [0.3, 0.4) is 0 Å². The van der Waals surface area contributed by atoms with Crippen molar-refractivity contribution in [1.82, 2.24) is 15.4 Å².